The van der Waals surface area contributed by atoms with E-state index in [0.717, 1.165) is 5.69 Å². The largest absolute Gasteiger partial charge is 0.455 e. The number of nitrogens with zero attached hydrogens (tertiary/aromatic N) is 4. The highest BCUT2D eigenvalue weighted by atomic mass is 19.4. The number of carbonyl (C=O) groups excluding carboxylic acids is 1. The van der Waals surface area contributed by atoms with Crippen molar-refractivity contribution in [3.63, 3.8) is 0 Å². The van der Waals surface area contributed by atoms with Crippen LogP contribution in [-0.4, -0.2) is 26.1 Å². The van der Waals surface area contributed by atoms with Gasteiger partial charge in [0.15, 0.2) is 0 Å². The van der Waals surface area contributed by atoms with Crippen molar-refractivity contribution in [2.75, 3.05) is 5.32 Å². The van der Waals surface area contributed by atoms with Crippen LogP contribution in [0.2, 0.25) is 0 Å². The van der Waals surface area contributed by atoms with Gasteiger partial charge in [-0.1, -0.05) is 25.9 Å². The number of rotatable bonds is 3. The van der Waals surface area contributed by atoms with Gasteiger partial charge in [-0.25, -0.2) is 14.8 Å². The van der Waals surface area contributed by atoms with Crippen molar-refractivity contribution < 1.29 is 22.5 Å². The molecule has 0 unspecified atom stereocenters. The van der Waals surface area contributed by atoms with Crippen molar-refractivity contribution in [3.05, 3.63) is 29.7 Å². The summed E-state index contributed by atoms with van der Waals surface area (Å²) in [5.41, 5.74) is 0.493. The van der Waals surface area contributed by atoms with Crippen molar-refractivity contribution in [1.29, 1.82) is 0 Å². The molecule has 0 bridgehead atoms. The highest BCUT2D eigenvalue weighted by Crippen LogP contribution is 2.26. The van der Waals surface area contributed by atoms with Gasteiger partial charge in [0.05, 0.1) is 12.2 Å². The van der Waals surface area contributed by atoms with E-state index >= 15 is 0 Å². The van der Waals surface area contributed by atoms with E-state index in [0.29, 0.717) is 0 Å². The fraction of sp³-hybridized carbons (Fsp3) is 0.462. The molecule has 0 fully saturated rings. The van der Waals surface area contributed by atoms with Crippen LogP contribution in [0.5, 0.6) is 0 Å². The van der Waals surface area contributed by atoms with Crippen LogP contribution in [0.1, 0.15) is 38.2 Å². The molecule has 130 valence electrons. The maximum absolute atomic E-state index is 12.3. The van der Waals surface area contributed by atoms with Crippen LogP contribution in [0.3, 0.4) is 0 Å². The number of anilines is 1. The molecule has 0 aliphatic carbocycles. The Bertz CT molecular complexity index is 723. The van der Waals surface area contributed by atoms with Crippen LogP contribution >= 0.6 is 0 Å². The number of urea groups is 1. The Morgan fingerprint density at radius 3 is 2.54 bits per heavy atom. The molecule has 2 aromatic heterocycles. The summed E-state index contributed by atoms with van der Waals surface area (Å²) in [6.45, 7) is 5.49. The molecule has 0 aliphatic rings. The molecule has 0 saturated heterocycles. The minimum atomic E-state index is -4.70. The fourth-order valence-electron chi connectivity index (χ4n) is 1.58. The van der Waals surface area contributed by atoms with E-state index in [1.54, 1.807) is 6.07 Å². The average molecular weight is 344 g/mol. The van der Waals surface area contributed by atoms with Crippen molar-refractivity contribution in [2.24, 2.45) is 0 Å². The first-order valence-corrected chi connectivity index (χ1v) is 6.84. The van der Waals surface area contributed by atoms with Crippen LogP contribution < -0.4 is 10.6 Å². The first kappa shape index (κ1) is 17.6. The first-order valence-electron chi connectivity index (χ1n) is 6.84. The van der Waals surface area contributed by atoms with Gasteiger partial charge in [-0.15, -0.1) is 0 Å². The number of halogens is 3. The standard InChI is InChI=1S/C13H15F3N6O2/c1-12(2,3)7-4-5-17-10(19-7)21-11(23)18-6-8-20-9(22-24-8)13(14,15)16/h4-5H,6H2,1-3H3,(H2,17,18,19,21,23). The van der Waals surface area contributed by atoms with Gasteiger partial charge in [-0.3, -0.25) is 5.32 Å². The number of aromatic nitrogens is 4. The molecule has 2 rings (SSSR count). The SMILES string of the molecule is CC(C)(C)c1ccnc(NC(=O)NCc2nc(C(F)(F)F)no2)n1. The zero-order valence-corrected chi connectivity index (χ0v) is 13.1. The van der Waals surface area contributed by atoms with Crippen LogP contribution in [0.25, 0.3) is 0 Å². The Kier molecular flexibility index (Phi) is 4.71. The van der Waals surface area contributed by atoms with Crippen LogP contribution in [0.15, 0.2) is 16.8 Å². The summed E-state index contributed by atoms with van der Waals surface area (Å²) in [6.07, 6.45) is -3.21. The third-order valence-corrected chi connectivity index (χ3v) is 2.77. The molecular formula is C13H15F3N6O2. The van der Waals surface area contributed by atoms with Crippen molar-refractivity contribution >= 4 is 12.0 Å². The molecule has 24 heavy (non-hydrogen) atoms. The molecule has 2 N–H and O–H groups in total. The Morgan fingerprint density at radius 1 is 1.25 bits per heavy atom. The zero-order chi connectivity index (χ0) is 18.0. The minimum absolute atomic E-state index is 0.0708. The molecule has 2 amide bonds. The Hall–Kier alpha value is -2.72. The van der Waals surface area contributed by atoms with Gasteiger partial charge in [0.2, 0.25) is 11.8 Å². The normalized spacial score (nSPS) is 12.1. The smallest absolute Gasteiger partial charge is 0.337 e. The molecule has 0 aliphatic heterocycles. The van der Waals surface area contributed by atoms with Crippen LogP contribution in [-0.2, 0) is 18.1 Å². The second-order valence-corrected chi connectivity index (χ2v) is 5.83. The molecular weight excluding hydrogens is 329 g/mol. The van der Waals surface area contributed by atoms with E-state index < -0.39 is 18.0 Å². The highest BCUT2D eigenvalue weighted by Gasteiger charge is 2.37. The quantitative estimate of drug-likeness (QED) is 0.886. The van der Waals surface area contributed by atoms with Crippen molar-refractivity contribution in [3.8, 4) is 0 Å². The molecule has 8 nitrogen and oxygen atoms in total. The molecule has 2 heterocycles. The lowest BCUT2D eigenvalue weighted by atomic mass is 9.92. The Labute approximate surface area is 134 Å². The molecule has 0 atom stereocenters. The lowest BCUT2D eigenvalue weighted by molar-refractivity contribution is -0.146. The molecule has 0 spiro atoms. The van der Waals surface area contributed by atoms with Gasteiger partial charge >= 0.3 is 12.2 Å². The lowest BCUT2D eigenvalue weighted by Gasteiger charge is -2.17. The van der Waals surface area contributed by atoms with E-state index in [-0.39, 0.29) is 23.8 Å². The van der Waals surface area contributed by atoms with E-state index in [1.165, 1.54) is 6.20 Å². The number of hydrogen-bond acceptors (Lipinski definition) is 6. The van der Waals surface area contributed by atoms with Crippen molar-refractivity contribution in [2.45, 2.75) is 38.9 Å². The van der Waals surface area contributed by atoms with E-state index in [9.17, 15) is 18.0 Å². The third-order valence-electron chi connectivity index (χ3n) is 2.77. The second kappa shape index (κ2) is 6.42. The Balaban J connectivity index is 1.93. The molecule has 0 saturated carbocycles. The van der Waals surface area contributed by atoms with Gasteiger partial charge in [-0.05, 0) is 6.07 Å². The van der Waals surface area contributed by atoms with Gasteiger partial charge in [0.25, 0.3) is 5.82 Å². The van der Waals surface area contributed by atoms with E-state index in [4.69, 9.17) is 0 Å². The number of alkyl halides is 3. The first-order chi connectivity index (χ1) is 11.1. The predicted molar refractivity (Wildman–Crippen MR) is 75.9 cm³/mol. The number of carbonyl (C=O) groups is 1. The van der Waals surface area contributed by atoms with E-state index in [2.05, 4.69) is 35.3 Å². The maximum Gasteiger partial charge on any atom is 0.455 e. The summed E-state index contributed by atoms with van der Waals surface area (Å²) in [6, 6.07) is 1.01. The van der Waals surface area contributed by atoms with Gasteiger partial charge < -0.3 is 9.84 Å². The summed E-state index contributed by atoms with van der Waals surface area (Å²) in [7, 11) is 0. The van der Waals surface area contributed by atoms with Crippen molar-refractivity contribution in [1.82, 2.24) is 25.4 Å². The monoisotopic (exact) mass is 344 g/mol. The summed E-state index contributed by atoms with van der Waals surface area (Å²) in [4.78, 5) is 23.0. The summed E-state index contributed by atoms with van der Waals surface area (Å²) in [5.74, 6) is -1.70. The van der Waals surface area contributed by atoms with Gasteiger partial charge in [0, 0.05) is 11.6 Å². The molecule has 0 aromatic carbocycles. The minimum Gasteiger partial charge on any atom is -0.337 e. The molecule has 2 aromatic rings. The maximum atomic E-state index is 12.3. The fourth-order valence-corrected chi connectivity index (χ4v) is 1.58. The topological polar surface area (TPSA) is 106 Å². The van der Waals surface area contributed by atoms with Gasteiger partial charge in [-0.2, -0.15) is 18.2 Å². The Morgan fingerprint density at radius 2 is 1.96 bits per heavy atom. The summed E-state index contributed by atoms with van der Waals surface area (Å²) in [5, 5.41) is 7.43. The number of amides is 2. The second-order valence-electron chi connectivity index (χ2n) is 5.83. The van der Waals surface area contributed by atoms with Crippen LogP contribution in [0.4, 0.5) is 23.9 Å². The number of hydrogen-bond donors (Lipinski definition) is 2. The third kappa shape index (κ3) is 4.64. The molecule has 0 radical (unpaired) electrons. The lowest BCUT2D eigenvalue weighted by Crippen LogP contribution is -2.29. The summed E-state index contributed by atoms with van der Waals surface area (Å²) < 4.78 is 41.4. The molecule has 11 heteroatoms. The zero-order valence-electron chi connectivity index (χ0n) is 13.1. The highest BCUT2D eigenvalue weighted by molar-refractivity contribution is 5.87. The average Bonchev–Trinajstić information content (AvgIpc) is 2.93. The van der Waals surface area contributed by atoms with Gasteiger partial charge in [0.1, 0.15) is 0 Å². The predicted octanol–water partition coefficient (Wildman–Crippen LogP) is 2.50. The van der Waals surface area contributed by atoms with Crippen LogP contribution in [0, 0.1) is 0 Å². The van der Waals surface area contributed by atoms with E-state index in [1.807, 2.05) is 20.8 Å². The summed E-state index contributed by atoms with van der Waals surface area (Å²) >= 11 is 0. The number of nitrogens with one attached hydrogen (secondary N) is 2.